The van der Waals surface area contributed by atoms with Gasteiger partial charge < -0.3 is 30.0 Å². The van der Waals surface area contributed by atoms with Gasteiger partial charge in [-0.3, -0.25) is 0 Å². The molecule has 0 bridgehead atoms. The Morgan fingerprint density at radius 3 is 1.91 bits per heavy atom. The summed E-state index contributed by atoms with van der Waals surface area (Å²) >= 11 is 0. The summed E-state index contributed by atoms with van der Waals surface area (Å²) in [7, 11) is -1.18. The van der Waals surface area contributed by atoms with Gasteiger partial charge in [0.2, 0.25) is 0 Å². The number of carbonyl (C=O) groups is 1. The molecule has 0 aliphatic rings. The normalized spacial score (nSPS) is 11.9. The third-order valence-electron chi connectivity index (χ3n) is 4.35. The highest BCUT2D eigenvalue weighted by atomic mass is 16.5. The van der Waals surface area contributed by atoms with Gasteiger partial charge in [0.25, 0.3) is 0 Å². The summed E-state index contributed by atoms with van der Waals surface area (Å²) in [6.45, 7) is 9.48. The van der Waals surface area contributed by atoms with Crippen LogP contribution in [0, 0.1) is 5.92 Å². The molecule has 33 heavy (non-hydrogen) atoms. The minimum atomic E-state index is -1.18. The van der Waals surface area contributed by atoms with Crippen molar-refractivity contribution >= 4 is 13.4 Å². The SMILES string of the molecule is C/C=C/CB(O)O.C=C[C@H](C)[C@H](N)COCc1ccccc1.O=CCOCc1ccccc1. The highest BCUT2D eigenvalue weighted by Gasteiger charge is 2.08. The van der Waals surface area contributed by atoms with Gasteiger partial charge in [0.05, 0.1) is 19.8 Å². The zero-order chi connectivity index (χ0) is 24.7. The van der Waals surface area contributed by atoms with Crippen molar-refractivity contribution in [3.63, 3.8) is 0 Å². The van der Waals surface area contributed by atoms with Crippen LogP contribution in [0.1, 0.15) is 25.0 Å². The number of benzene rings is 2. The second-order valence-corrected chi connectivity index (χ2v) is 7.21. The fourth-order valence-corrected chi connectivity index (χ4v) is 2.27. The molecule has 2 aromatic carbocycles. The molecule has 7 heteroatoms. The van der Waals surface area contributed by atoms with Crippen LogP contribution >= 0.6 is 0 Å². The highest BCUT2D eigenvalue weighted by molar-refractivity contribution is 6.41. The van der Waals surface area contributed by atoms with E-state index in [-0.39, 0.29) is 12.6 Å². The summed E-state index contributed by atoms with van der Waals surface area (Å²) in [4.78, 5) is 9.87. The van der Waals surface area contributed by atoms with E-state index in [9.17, 15) is 4.79 Å². The second-order valence-electron chi connectivity index (χ2n) is 7.21. The van der Waals surface area contributed by atoms with E-state index in [4.69, 9.17) is 25.3 Å². The van der Waals surface area contributed by atoms with E-state index in [1.807, 2.05) is 80.6 Å². The third kappa shape index (κ3) is 18.7. The summed E-state index contributed by atoms with van der Waals surface area (Å²) in [5.74, 6) is 0.292. The van der Waals surface area contributed by atoms with Gasteiger partial charge in [-0.25, -0.2) is 0 Å². The molecular formula is C26H38BNO5. The maximum absolute atomic E-state index is 9.87. The predicted octanol–water partition coefficient (Wildman–Crippen LogP) is 3.79. The Morgan fingerprint density at radius 2 is 1.52 bits per heavy atom. The molecule has 0 aromatic heterocycles. The van der Waals surface area contributed by atoms with E-state index < -0.39 is 7.12 Å². The van der Waals surface area contributed by atoms with E-state index in [0.717, 1.165) is 11.8 Å². The van der Waals surface area contributed by atoms with Crippen molar-refractivity contribution in [1.82, 2.24) is 0 Å². The van der Waals surface area contributed by atoms with Gasteiger partial charge in [0.1, 0.15) is 12.9 Å². The van der Waals surface area contributed by atoms with Crippen LogP contribution in [0.15, 0.2) is 85.5 Å². The largest absolute Gasteiger partial charge is 0.455 e. The average Bonchev–Trinajstić information content (AvgIpc) is 2.84. The Hall–Kier alpha value is -2.55. The van der Waals surface area contributed by atoms with Crippen LogP contribution in [-0.4, -0.2) is 42.7 Å². The zero-order valence-corrected chi connectivity index (χ0v) is 19.8. The van der Waals surface area contributed by atoms with E-state index in [1.165, 1.54) is 5.56 Å². The van der Waals surface area contributed by atoms with E-state index >= 15 is 0 Å². The maximum Gasteiger partial charge on any atom is 0.455 e. The van der Waals surface area contributed by atoms with Crippen molar-refractivity contribution < 1.29 is 24.3 Å². The average molecular weight is 455 g/mol. The molecule has 0 aliphatic heterocycles. The van der Waals surface area contributed by atoms with Crippen LogP contribution in [0.2, 0.25) is 6.32 Å². The summed E-state index contributed by atoms with van der Waals surface area (Å²) in [6.07, 6.45) is 6.42. The summed E-state index contributed by atoms with van der Waals surface area (Å²) in [5.41, 5.74) is 8.16. The smallest absolute Gasteiger partial charge is 0.427 e. The molecule has 4 N–H and O–H groups in total. The lowest BCUT2D eigenvalue weighted by molar-refractivity contribution is -0.112. The van der Waals surface area contributed by atoms with Gasteiger partial charge in [-0.15, -0.1) is 6.58 Å². The molecule has 0 aliphatic carbocycles. The Morgan fingerprint density at radius 1 is 1.00 bits per heavy atom. The molecule has 2 aromatic rings. The number of carbonyl (C=O) groups excluding carboxylic acids is 1. The zero-order valence-electron chi connectivity index (χ0n) is 19.8. The standard InChI is InChI=1S/C13H19NO.C9H10O2.C4H9BO2/c1-3-11(2)13(14)10-15-9-12-7-5-4-6-8-12;10-6-7-11-8-9-4-2-1-3-5-9;1-2-3-4-5(6)7/h3-8,11,13H,1,9-10,14H2,2H3;1-6H,7-8H2;2-3,6-7H,4H2,1H3/b;;3-2+/t11-,13+;;/m0../s1. The lowest BCUT2D eigenvalue weighted by Gasteiger charge is -2.16. The van der Waals surface area contributed by atoms with Crippen LogP contribution in [0.5, 0.6) is 0 Å². The minimum absolute atomic E-state index is 0.0335. The number of rotatable bonds is 12. The van der Waals surface area contributed by atoms with E-state index in [0.29, 0.717) is 32.1 Å². The molecule has 0 spiro atoms. The fourth-order valence-electron chi connectivity index (χ4n) is 2.27. The molecule has 180 valence electrons. The van der Waals surface area contributed by atoms with Crippen molar-refractivity contribution in [2.24, 2.45) is 11.7 Å². The van der Waals surface area contributed by atoms with Gasteiger partial charge >= 0.3 is 7.12 Å². The molecule has 0 saturated heterocycles. The van der Waals surface area contributed by atoms with Gasteiger partial charge in [0, 0.05) is 6.04 Å². The Labute approximate surface area is 198 Å². The van der Waals surface area contributed by atoms with Gasteiger partial charge in [-0.2, -0.15) is 0 Å². The number of nitrogens with two attached hydrogens (primary N) is 1. The molecule has 2 rings (SSSR count). The summed E-state index contributed by atoms with van der Waals surface area (Å²) in [5, 5.41) is 16.4. The first-order chi connectivity index (χ1) is 15.9. The molecule has 2 atom stereocenters. The number of aldehydes is 1. The molecule has 0 radical (unpaired) electrons. The van der Waals surface area contributed by atoms with Crippen LogP contribution in [0.25, 0.3) is 0 Å². The lowest BCUT2D eigenvalue weighted by atomic mass is 9.86. The van der Waals surface area contributed by atoms with Crippen LogP contribution in [0.3, 0.4) is 0 Å². The van der Waals surface area contributed by atoms with Crippen molar-refractivity contribution in [3.05, 3.63) is 96.6 Å². The lowest BCUT2D eigenvalue weighted by Crippen LogP contribution is -2.32. The maximum atomic E-state index is 9.87. The Balaban J connectivity index is 0.000000501. The van der Waals surface area contributed by atoms with Crippen molar-refractivity contribution in [3.8, 4) is 0 Å². The Kier molecular flexibility index (Phi) is 19.7. The fraction of sp³-hybridized carbons (Fsp3) is 0.346. The van der Waals surface area contributed by atoms with E-state index in [1.54, 1.807) is 12.2 Å². The first kappa shape index (κ1) is 30.5. The summed E-state index contributed by atoms with van der Waals surface area (Å²) in [6, 6.07) is 19.9. The highest BCUT2D eigenvalue weighted by Crippen LogP contribution is 2.05. The van der Waals surface area contributed by atoms with Gasteiger partial charge in [-0.1, -0.05) is 85.8 Å². The molecule has 0 saturated carbocycles. The number of ether oxygens (including phenoxy) is 2. The van der Waals surface area contributed by atoms with Crippen molar-refractivity contribution in [2.45, 2.75) is 39.4 Å². The van der Waals surface area contributed by atoms with Gasteiger partial charge in [0.15, 0.2) is 0 Å². The van der Waals surface area contributed by atoms with Crippen LogP contribution in [-0.2, 0) is 27.5 Å². The third-order valence-corrected chi connectivity index (χ3v) is 4.35. The van der Waals surface area contributed by atoms with E-state index in [2.05, 4.69) is 6.58 Å². The number of allylic oxidation sites excluding steroid dienone is 2. The monoisotopic (exact) mass is 455 g/mol. The van der Waals surface area contributed by atoms with Crippen LogP contribution < -0.4 is 5.73 Å². The predicted molar refractivity (Wildman–Crippen MR) is 135 cm³/mol. The molecule has 0 unspecified atom stereocenters. The van der Waals surface area contributed by atoms with Crippen LogP contribution in [0.4, 0.5) is 0 Å². The summed E-state index contributed by atoms with van der Waals surface area (Å²) < 4.78 is 10.5. The molecular weight excluding hydrogens is 417 g/mol. The van der Waals surface area contributed by atoms with Crippen molar-refractivity contribution in [1.29, 1.82) is 0 Å². The second kappa shape index (κ2) is 21.3. The quantitative estimate of drug-likeness (QED) is 0.195. The van der Waals surface area contributed by atoms with Crippen molar-refractivity contribution in [2.75, 3.05) is 13.2 Å². The topological polar surface area (TPSA) is 102 Å². The molecule has 0 fully saturated rings. The number of hydrogen-bond donors (Lipinski definition) is 3. The molecule has 0 amide bonds. The first-order valence-corrected chi connectivity index (χ1v) is 11.0. The molecule has 0 heterocycles. The van der Waals surface area contributed by atoms with Gasteiger partial charge in [-0.05, 0) is 30.3 Å². The number of hydrogen-bond acceptors (Lipinski definition) is 6. The minimum Gasteiger partial charge on any atom is -0.427 e. The first-order valence-electron chi connectivity index (χ1n) is 11.0. The molecule has 6 nitrogen and oxygen atoms in total. The Bertz CT molecular complexity index is 741.